The van der Waals surface area contributed by atoms with Crippen molar-refractivity contribution >= 4 is 13.3 Å². The largest absolute Gasteiger partial charge is 0.460 e. The van der Waals surface area contributed by atoms with Gasteiger partial charge in [0.2, 0.25) is 0 Å². The van der Waals surface area contributed by atoms with Gasteiger partial charge in [0, 0.05) is 0 Å². The maximum atomic E-state index is 11.1. The smallest absolute Gasteiger partial charge is 0.437 e. The molecule has 6 heteroatoms. The number of ether oxygens (including phenoxy) is 1. The quantitative estimate of drug-likeness (QED) is 0.557. The summed E-state index contributed by atoms with van der Waals surface area (Å²) in [6.45, 7) is 2.78. The molecule has 0 saturated carbocycles. The van der Waals surface area contributed by atoms with Crippen LogP contribution in [0.4, 0.5) is 4.79 Å². The number of hydrogen-bond donors (Lipinski definition) is 1. The molecule has 0 fully saturated rings. The molecule has 0 aliphatic rings. The average Bonchev–Trinajstić information content (AvgIpc) is 2.01. The fourth-order valence-corrected chi connectivity index (χ4v) is 1.46. The zero-order valence-corrected chi connectivity index (χ0v) is 8.50. The standard InChI is InChI=1S/C7H11O5P/c1-5-7(2,3)12-13(9,10)6(8)11-4/h1H,2-4H3,(H,9,10). The van der Waals surface area contributed by atoms with Gasteiger partial charge in [0.1, 0.15) is 5.60 Å². The summed E-state index contributed by atoms with van der Waals surface area (Å²) < 4.78 is 19.7. The van der Waals surface area contributed by atoms with Crippen molar-refractivity contribution in [2.24, 2.45) is 0 Å². The summed E-state index contributed by atoms with van der Waals surface area (Å²) in [7, 11) is -3.44. The molecule has 0 aromatic rings. The Bertz CT molecular complexity index is 288. The highest BCUT2D eigenvalue weighted by Crippen LogP contribution is 2.47. The molecule has 1 unspecified atom stereocenters. The zero-order chi connectivity index (χ0) is 10.7. The van der Waals surface area contributed by atoms with Crippen molar-refractivity contribution in [3.63, 3.8) is 0 Å². The maximum Gasteiger partial charge on any atom is 0.437 e. The van der Waals surface area contributed by atoms with E-state index >= 15 is 0 Å². The Morgan fingerprint density at radius 2 is 2.08 bits per heavy atom. The first-order chi connectivity index (χ1) is 5.75. The van der Waals surface area contributed by atoms with Gasteiger partial charge in [-0.15, -0.1) is 6.42 Å². The van der Waals surface area contributed by atoms with E-state index in [-0.39, 0.29) is 0 Å². The maximum absolute atomic E-state index is 11.1. The summed E-state index contributed by atoms with van der Waals surface area (Å²) >= 11 is 0. The Labute approximate surface area is 76.6 Å². The Kier molecular flexibility index (Phi) is 3.68. The summed E-state index contributed by atoms with van der Waals surface area (Å²) in [5.74, 6) is 2.11. The fraction of sp³-hybridized carbons (Fsp3) is 0.571. The number of carbonyl (C=O) groups excluding carboxylic acids is 1. The van der Waals surface area contributed by atoms with E-state index < -0.39 is 18.9 Å². The summed E-state index contributed by atoms with van der Waals surface area (Å²) in [6.07, 6.45) is 5.00. The van der Waals surface area contributed by atoms with Crippen LogP contribution in [0.3, 0.4) is 0 Å². The van der Waals surface area contributed by atoms with Crippen molar-refractivity contribution in [3.05, 3.63) is 0 Å². The van der Waals surface area contributed by atoms with Crippen molar-refractivity contribution < 1.29 is 23.5 Å². The van der Waals surface area contributed by atoms with Crippen molar-refractivity contribution in [1.29, 1.82) is 0 Å². The Hall–Kier alpha value is -0.820. The van der Waals surface area contributed by atoms with E-state index in [1.54, 1.807) is 0 Å². The van der Waals surface area contributed by atoms with Gasteiger partial charge in [-0.2, -0.15) is 0 Å². The molecule has 0 rings (SSSR count). The fourth-order valence-electron chi connectivity index (χ4n) is 0.488. The van der Waals surface area contributed by atoms with Crippen LogP contribution in [-0.2, 0) is 13.8 Å². The van der Waals surface area contributed by atoms with Crippen molar-refractivity contribution in [2.75, 3.05) is 7.11 Å². The van der Waals surface area contributed by atoms with Crippen LogP contribution in [0.25, 0.3) is 0 Å². The van der Waals surface area contributed by atoms with Crippen LogP contribution >= 0.6 is 7.60 Å². The van der Waals surface area contributed by atoms with E-state index in [9.17, 15) is 9.36 Å². The number of hydrogen-bond acceptors (Lipinski definition) is 4. The average molecular weight is 206 g/mol. The third-order valence-electron chi connectivity index (χ3n) is 1.10. The van der Waals surface area contributed by atoms with Gasteiger partial charge in [0.25, 0.3) is 0 Å². The van der Waals surface area contributed by atoms with E-state index in [1.165, 1.54) is 13.8 Å². The van der Waals surface area contributed by atoms with Crippen LogP contribution in [-0.4, -0.2) is 23.3 Å². The van der Waals surface area contributed by atoms with Gasteiger partial charge in [-0.1, -0.05) is 5.92 Å². The molecule has 74 valence electrons. The van der Waals surface area contributed by atoms with E-state index in [4.69, 9.17) is 11.3 Å². The van der Waals surface area contributed by atoms with E-state index in [0.717, 1.165) is 7.11 Å². The molecular weight excluding hydrogens is 195 g/mol. The topological polar surface area (TPSA) is 72.8 Å². The lowest BCUT2D eigenvalue weighted by Gasteiger charge is -2.20. The Balaban J connectivity index is 4.64. The Morgan fingerprint density at radius 3 is 2.38 bits per heavy atom. The van der Waals surface area contributed by atoms with Gasteiger partial charge in [0.15, 0.2) is 0 Å². The molecule has 0 bridgehead atoms. The lowest BCUT2D eigenvalue weighted by molar-refractivity contribution is 0.133. The first-order valence-corrected chi connectivity index (χ1v) is 4.93. The number of methoxy groups -OCH3 is 1. The molecule has 5 nitrogen and oxygen atoms in total. The second-order valence-corrected chi connectivity index (χ2v) is 4.32. The van der Waals surface area contributed by atoms with Crippen LogP contribution < -0.4 is 0 Å². The van der Waals surface area contributed by atoms with Gasteiger partial charge >= 0.3 is 13.3 Å². The predicted octanol–water partition coefficient (Wildman–Crippen LogP) is 1.37. The zero-order valence-electron chi connectivity index (χ0n) is 7.60. The van der Waals surface area contributed by atoms with E-state index in [2.05, 4.69) is 15.2 Å². The molecule has 1 N–H and O–H groups in total. The SMILES string of the molecule is C#CC(C)(C)OP(=O)(O)C(=O)OC. The molecule has 0 radical (unpaired) electrons. The highest BCUT2D eigenvalue weighted by molar-refractivity contribution is 7.70. The number of terminal acetylenes is 1. The molecule has 1 atom stereocenters. The lowest BCUT2D eigenvalue weighted by atomic mass is 10.2. The second-order valence-electron chi connectivity index (χ2n) is 2.74. The lowest BCUT2D eigenvalue weighted by Crippen LogP contribution is -2.22. The Morgan fingerprint density at radius 1 is 1.62 bits per heavy atom. The third-order valence-corrected chi connectivity index (χ3v) is 2.45. The first kappa shape index (κ1) is 12.2. The van der Waals surface area contributed by atoms with E-state index in [1.807, 2.05) is 0 Å². The third kappa shape index (κ3) is 3.60. The molecular formula is C7H11O5P. The molecule has 0 aromatic heterocycles. The van der Waals surface area contributed by atoms with Crippen LogP contribution in [0.15, 0.2) is 0 Å². The van der Waals surface area contributed by atoms with Gasteiger partial charge in [-0.3, -0.25) is 4.52 Å². The molecule has 0 saturated heterocycles. The predicted molar refractivity (Wildman–Crippen MR) is 46.2 cm³/mol. The second kappa shape index (κ2) is 3.93. The molecule has 0 amide bonds. The monoisotopic (exact) mass is 206 g/mol. The first-order valence-electron chi connectivity index (χ1n) is 3.35. The molecule has 0 heterocycles. The van der Waals surface area contributed by atoms with Crippen molar-refractivity contribution in [3.8, 4) is 12.3 Å². The van der Waals surface area contributed by atoms with Crippen LogP contribution in [0.5, 0.6) is 0 Å². The summed E-state index contributed by atoms with van der Waals surface area (Å²) in [4.78, 5) is 19.7. The van der Waals surface area contributed by atoms with Crippen molar-refractivity contribution in [1.82, 2.24) is 0 Å². The molecule has 0 aliphatic heterocycles. The van der Waals surface area contributed by atoms with Gasteiger partial charge in [-0.25, -0.2) is 9.36 Å². The van der Waals surface area contributed by atoms with Gasteiger partial charge in [-0.05, 0) is 13.8 Å². The number of rotatable bonds is 3. The molecule has 13 heavy (non-hydrogen) atoms. The van der Waals surface area contributed by atoms with Crippen molar-refractivity contribution in [2.45, 2.75) is 19.4 Å². The molecule has 0 aliphatic carbocycles. The minimum absolute atomic E-state index is 0.984. The number of carbonyl (C=O) groups is 1. The van der Waals surface area contributed by atoms with Crippen LogP contribution in [0.1, 0.15) is 13.8 Å². The summed E-state index contributed by atoms with van der Waals surface area (Å²) in [6, 6.07) is 0. The molecule has 0 spiro atoms. The minimum Gasteiger partial charge on any atom is -0.460 e. The molecule has 0 aromatic carbocycles. The van der Waals surface area contributed by atoms with Gasteiger partial charge in [0.05, 0.1) is 7.11 Å². The van der Waals surface area contributed by atoms with Gasteiger partial charge < -0.3 is 9.63 Å². The highest BCUT2D eigenvalue weighted by Gasteiger charge is 2.37. The van der Waals surface area contributed by atoms with Crippen LogP contribution in [0.2, 0.25) is 0 Å². The minimum atomic E-state index is -4.43. The highest BCUT2D eigenvalue weighted by atomic mass is 31.2. The van der Waals surface area contributed by atoms with Crippen LogP contribution in [0, 0.1) is 12.3 Å². The summed E-state index contributed by atoms with van der Waals surface area (Å²) in [5, 5.41) is 0. The normalized spacial score (nSPS) is 15.6. The summed E-state index contributed by atoms with van der Waals surface area (Å²) in [5.41, 5.74) is -2.60. The van der Waals surface area contributed by atoms with E-state index in [0.29, 0.717) is 0 Å².